The second-order valence-electron chi connectivity index (χ2n) is 8.86. The van der Waals surface area contributed by atoms with Gasteiger partial charge in [-0.25, -0.2) is 0 Å². The Morgan fingerprint density at radius 2 is 1.78 bits per heavy atom. The largest absolute Gasteiger partial charge is 0.361 e. The zero-order valence-electron chi connectivity index (χ0n) is 20.6. The van der Waals surface area contributed by atoms with Crippen molar-refractivity contribution in [3.8, 4) is 28.3 Å². The van der Waals surface area contributed by atoms with Crippen LogP contribution in [0.1, 0.15) is 35.7 Å². The molecule has 0 radical (unpaired) electrons. The Morgan fingerprint density at radius 1 is 0.973 bits per heavy atom. The fourth-order valence-electron chi connectivity index (χ4n) is 4.39. The van der Waals surface area contributed by atoms with Crippen molar-refractivity contribution in [2.24, 2.45) is 0 Å². The molecule has 2 aromatic heterocycles. The highest BCUT2D eigenvalue weighted by atomic mass is 16.1. The first kappa shape index (κ1) is 23.8. The van der Waals surface area contributed by atoms with Gasteiger partial charge in [0.15, 0.2) is 0 Å². The molecule has 0 fully saturated rings. The van der Waals surface area contributed by atoms with E-state index in [2.05, 4.69) is 39.7 Å². The Kier molecular flexibility index (Phi) is 6.95. The van der Waals surface area contributed by atoms with E-state index in [0.717, 1.165) is 51.7 Å². The number of nitrogens with zero attached hydrogens (tertiary/aromatic N) is 2. The van der Waals surface area contributed by atoms with Crippen molar-refractivity contribution in [2.45, 2.75) is 19.8 Å². The third-order valence-corrected chi connectivity index (χ3v) is 6.39. The first-order chi connectivity index (χ1) is 18.2. The minimum absolute atomic E-state index is 0.0544. The maximum Gasteiger partial charge on any atom is 0.251 e. The number of anilines is 2. The number of pyridine rings is 1. The van der Waals surface area contributed by atoms with Gasteiger partial charge in [-0.3, -0.25) is 9.78 Å². The molecule has 5 rings (SSSR count). The van der Waals surface area contributed by atoms with Gasteiger partial charge in [0.2, 0.25) is 0 Å². The highest BCUT2D eigenvalue weighted by Gasteiger charge is 2.14. The minimum Gasteiger partial charge on any atom is -0.361 e. The smallest absolute Gasteiger partial charge is 0.251 e. The maximum absolute atomic E-state index is 12.4. The number of H-pyrrole nitrogens is 1. The molecule has 37 heavy (non-hydrogen) atoms. The van der Waals surface area contributed by atoms with E-state index < -0.39 is 0 Å². The topological polar surface area (TPSA) is 93.6 Å². The number of rotatable bonds is 8. The predicted octanol–water partition coefficient (Wildman–Crippen LogP) is 7.04. The number of nitriles is 1. The molecule has 6 heteroatoms. The quantitative estimate of drug-likeness (QED) is 0.205. The summed E-state index contributed by atoms with van der Waals surface area (Å²) in [7, 11) is 0. The molecule has 3 N–H and O–H groups in total. The Bertz CT molecular complexity index is 1590. The van der Waals surface area contributed by atoms with Gasteiger partial charge in [0.1, 0.15) is 6.07 Å². The van der Waals surface area contributed by atoms with Crippen LogP contribution in [0.2, 0.25) is 0 Å². The van der Waals surface area contributed by atoms with E-state index in [1.165, 1.54) is 0 Å². The molecular weight excluding hydrogens is 458 g/mol. The Morgan fingerprint density at radius 3 is 2.59 bits per heavy atom. The molecule has 5 aromatic rings. The molecule has 0 bridgehead atoms. The van der Waals surface area contributed by atoms with Crippen LogP contribution in [0.15, 0.2) is 91.4 Å². The van der Waals surface area contributed by atoms with Crippen LogP contribution in [0.25, 0.3) is 33.2 Å². The number of aromatic nitrogens is 2. The Labute approximate surface area is 216 Å². The Balaban J connectivity index is 1.47. The van der Waals surface area contributed by atoms with Crippen molar-refractivity contribution in [1.82, 2.24) is 15.3 Å². The molecule has 3 aromatic carbocycles. The monoisotopic (exact) mass is 485 g/mol. The van der Waals surface area contributed by atoms with Crippen molar-refractivity contribution in [2.75, 3.05) is 11.9 Å². The number of carbonyl (C=O) groups excluding carboxylic acids is 1. The van der Waals surface area contributed by atoms with E-state index in [0.29, 0.717) is 23.4 Å². The van der Waals surface area contributed by atoms with Gasteiger partial charge in [0.05, 0.1) is 11.3 Å². The summed E-state index contributed by atoms with van der Waals surface area (Å²) in [6.45, 7) is 2.78. The van der Waals surface area contributed by atoms with Crippen LogP contribution in [0.5, 0.6) is 0 Å². The lowest BCUT2D eigenvalue weighted by molar-refractivity contribution is 0.0953. The number of fused-ring (bicyclic) bond motifs is 1. The number of carbonyl (C=O) groups is 1. The van der Waals surface area contributed by atoms with Gasteiger partial charge in [0.25, 0.3) is 5.91 Å². The molecule has 1 amide bonds. The molecule has 0 aliphatic rings. The standard InChI is InChI=1S/C31H27N5O/c1-2-3-15-35-31(37)22-12-10-21(11-13-22)23-6-4-7-24(17-23)27-20-33-19-25(18-32)30(27)36-29-9-5-8-28-26(29)14-16-34-28/h4-14,16-17,19-20,34H,2-3,15H2,1H3,(H,33,36)(H,35,37). The number of aromatic amines is 1. The first-order valence-electron chi connectivity index (χ1n) is 12.4. The summed E-state index contributed by atoms with van der Waals surface area (Å²) >= 11 is 0. The average molecular weight is 486 g/mol. The summed E-state index contributed by atoms with van der Waals surface area (Å²) in [4.78, 5) is 19.9. The van der Waals surface area contributed by atoms with Crippen LogP contribution in [0.3, 0.4) is 0 Å². The van der Waals surface area contributed by atoms with Gasteiger partial charge in [-0.2, -0.15) is 5.26 Å². The number of benzene rings is 3. The minimum atomic E-state index is -0.0544. The summed E-state index contributed by atoms with van der Waals surface area (Å²) in [6.07, 6.45) is 7.27. The molecule has 0 saturated heterocycles. The van der Waals surface area contributed by atoms with Crippen LogP contribution in [-0.4, -0.2) is 22.4 Å². The van der Waals surface area contributed by atoms with Crippen molar-refractivity contribution in [1.29, 1.82) is 5.26 Å². The highest BCUT2D eigenvalue weighted by Crippen LogP contribution is 2.36. The van der Waals surface area contributed by atoms with Gasteiger partial charge in [-0.15, -0.1) is 0 Å². The lowest BCUT2D eigenvalue weighted by atomic mass is 9.97. The van der Waals surface area contributed by atoms with E-state index in [4.69, 9.17) is 0 Å². The summed E-state index contributed by atoms with van der Waals surface area (Å²) in [5.41, 5.74) is 7.53. The number of amides is 1. The molecule has 0 unspecified atom stereocenters. The van der Waals surface area contributed by atoms with Gasteiger partial charge in [-0.05, 0) is 59.5 Å². The maximum atomic E-state index is 12.4. The summed E-state index contributed by atoms with van der Waals surface area (Å²) in [6, 6.07) is 26.0. The second-order valence-corrected chi connectivity index (χ2v) is 8.86. The fraction of sp³-hybridized carbons (Fsp3) is 0.129. The lowest BCUT2D eigenvalue weighted by Gasteiger charge is -2.15. The van der Waals surface area contributed by atoms with E-state index in [1.807, 2.05) is 72.9 Å². The second kappa shape index (κ2) is 10.8. The van der Waals surface area contributed by atoms with Crippen molar-refractivity contribution in [3.63, 3.8) is 0 Å². The van der Waals surface area contributed by atoms with E-state index in [-0.39, 0.29) is 5.91 Å². The first-order valence-corrected chi connectivity index (χ1v) is 12.4. The molecule has 2 heterocycles. The highest BCUT2D eigenvalue weighted by molar-refractivity contribution is 5.97. The number of hydrogen-bond acceptors (Lipinski definition) is 4. The van der Waals surface area contributed by atoms with Crippen LogP contribution in [-0.2, 0) is 0 Å². The fourth-order valence-corrected chi connectivity index (χ4v) is 4.39. The van der Waals surface area contributed by atoms with Gasteiger partial charge < -0.3 is 15.6 Å². The lowest BCUT2D eigenvalue weighted by Crippen LogP contribution is -2.24. The predicted molar refractivity (Wildman–Crippen MR) is 149 cm³/mol. The zero-order chi connectivity index (χ0) is 25.6. The van der Waals surface area contributed by atoms with Crippen LogP contribution < -0.4 is 10.6 Å². The van der Waals surface area contributed by atoms with Gasteiger partial charge in [0, 0.05) is 52.9 Å². The molecular formula is C31H27N5O. The number of unbranched alkanes of at least 4 members (excludes halogenated alkanes) is 1. The van der Waals surface area contributed by atoms with E-state index >= 15 is 0 Å². The van der Waals surface area contributed by atoms with Crippen molar-refractivity contribution < 1.29 is 4.79 Å². The molecule has 0 aliphatic heterocycles. The Hall–Kier alpha value is -4.89. The summed E-state index contributed by atoms with van der Waals surface area (Å²) in [5, 5.41) is 17.3. The number of nitrogens with one attached hydrogen (secondary N) is 3. The molecule has 0 aliphatic carbocycles. The van der Waals surface area contributed by atoms with Crippen LogP contribution >= 0.6 is 0 Å². The summed E-state index contributed by atoms with van der Waals surface area (Å²) in [5.74, 6) is -0.0544. The molecule has 0 atom stereocenters. The number of hydrogen-bond donors (Lipinski definition) is 3. The third kappa shape index (κ3) is 5.07. The van der Waals surface area contributed by atoms with Crippen molar-refractivity contribution in [3.05, 3.63) is 103 Å². The normalized spacial score (nSPS) is 10.7. The molecule has 182 valence electrons. The van der Waals surface area contributed by atoms with Gasteiger partial charge in [-0.1, -0.05) is 49.7 Å². The third-order valence-electron chi connectivity index (χ3n) is 6.39. The molecule has 0 spiro atoms. The van der Waals surface area contributed by atoms with Crippen LogP contribution in [0.4, 0.5) is 11.4 Å². The van der Waals surface area contributed by atoms with Gasteiger partial charge >= 0.3 is 0 Å². The molecule has 6 nitrogen and oxygen atoms in total. The van der Waals surface area contributed by atoms with Crippen molar-refractivity contribution >= 4 is 28.2 Å². The molecule has 0 saturated carbocycles. The zero-order valence-corrected chi connectivity index (χ0v) is 20.6. The summed E-state index contributed by atoms with van der Waals surface area (Å²) < 4.78 is 0. The SMILES string of the molecule is CCCCNC(=O)c1ccc(-c2cccc(-c3cncc(C#N)c3Nc3cccc4[nH]ccc34)c2)cc1. The van der Waals surface area contributed by atoms with Crippen LogP contribution in [0, 0.1) is 11.3 Å². The van der Waals surface area contributed by atoms with E-state index in [9.17, 15) is 10.1 Å². The average Bonchev–Trinajstić information content (AvgIpc) is 3.43. The van der Waals surface area contributed by atoms with E-state index in [1.54, 1.807) is 12.4 Å².